The van der Waals surface area contributed by atoms with Crippen molar-refractivity contribution in [3.8, 4) is 0 Å². The lowest BCUT2D eigenvalue weighted by molar-refractivity contribution is 0.102. The summed E-state index contributed by atoms with van der Waals surface area (Å²) in [5.74, 6) is 0.0179. The van der Waals surface area contributed by atoms with E-state index in [1.54, 1.807) is 0 Å². The summed E-state index contributed by atoms with van der Waals surface area (Å²) in [4.78, 5) is 16.1. The molecule has 0 unspecified atom stereocenters. The second-order valence-corrected chi connectivity index (χ2v) is 3.90. The number of anilines is 2. The van der Waals surface area contributed by atoms with Crippen molar-refractivity contribution in [2.75, 3.05) is 11.1 Å². The fourth-order valence-corrected chi connectivity index (χ4v) is 1.61. The molecule has 0 atom stereocenters. The normalized spacial score (nSPS) is 10.4. The van der Waals surface area contributed by atoms with Crippen LogP contribution >= 0.6 is 0 Å². The van der Waals surface area contributed by atoms with Gasteiger partial charge in [0.15, 0.2) is 0 Å². The highest BCUT2D eigenvalue weighted by atomic mass is 16.2. The van der Waals surface area contributed by atoms with E-state index in [1.165, 1.54) is 6.07 Å². The molecule has 0 spiro atoms. The lowest BCUT2D eigenvalue weighted by atomic mass is 10.2. The van der Waals surface area contributed by atoms with Gasteiger partial charge in [0.2, 0.25) is 5.95 Å². The molecular formula is C11H15N7O. The highest BCUT2D eigenvalue weighted by Crippen LogP contribution is 2.08. The number of nitrogen functional groups attached to an aromatic ring is 1. The van der Waals surface area contributed by atoms with Gasteiger partial charge in [0, 0.05) is 6.07 Å². The van der Waals surface area contributed by atoms with Crippen LogP contribution in [0.1, 0.15) is 35.7 Å². The van der Waals surface area contributed by atoms with Crippen molar-refractivity contribution in [2.45, 2.75) is 26.7 Å². The Labute approximate surface area is 109 Å². The molecule has 2 rings (SSSR count). The average Bonchev–Trinajstić information content (AvgIpc) is 2.85. The first kappa shape index (κ1) is 12.9. The molecule has 0 aliphatic carbocycles. The van der Waals surface area contributed by atoms with Crippen molar-refractivity contribution < 1.29 is 4.79 Å². The molecule has 0 radical (unpaired) electrons. The van der Waals surface area contributed by atoms with Gasteiger partial charge < -0.3 is 5.73 Å². The van der Waals surface area contributed by atoms with Crippen molar-refractivity contribution in [2.24, 2.45) is 0 Å². The number of H-pyrrole nitrogens is 1. The Morgan fingerprint density at radius 3 is 2.63 bits per heavy atom. The van der Waals surface area contributed by atoms with E-state index in [0.29, 0.717) is 0 Å². The predicted octanol–water partition coefficient (Wildman–Crippen LogP) is 0.554. The third-order valence-corrected chi connectivity index (χ3v) is 2.58. The molecule has 2 aromatic rings. The van der Waals surface area contributed by atoms with Crippen LogP contribution < -0.4 is 11.1 Å². The molecule has 2 aromatic heterocycles. The maximum atomic E-state index is 11.8. The number of hydrogen-bond acceptors (Lipinski definition) is 6. The van der Waals surface area contributed by atoms with E-state index in [1.807, 2.05) is 13.8 Å². The van der Waals surface area contributed by atoms with Gasteiger partial charge in [-0.1, -0.05) is 13.8 Å². The minimum atomic E-state index is -0.405. The molecule has 0 bridgehead atoms. The number of aryl methyl sites for hydroxylation is 2. The SMILES string of the molecule is CCc1nnc(NC(=O)c2cc(N)n[nH]2)nc1CC. The van der Waals surface area contributed by atoms with Crippen molar-refractivity contribution >= 4 is 17.7 Å². The zero-order chi connectivity index (χ0) is 13.8. The van der Waals surface area contributed by atoms with E-state index in [4.69, 9.17) is 5.73 Å². The number of carbonyl (C=O) groups excluding carboxylic acids is 1. The summed E-state index contributed by atoms with van der Waals surface area (Å²) in [6, 6.07) is 1.43. The maximum absolute atomic E-state index is 11.8. The number of nitrogens with two attached hydrogens (primary N) is 1. The summed E-state index contributed by atoms with van der Waals surface area (Å²) in [6.07, 6.45) is 1.49. The molecule has 100 valence electrons. The van der Waals surface area contributed by atoms with Gasteiger partial charge in [0.1, 0.15) is 11.5 Å². The topological polar surface area (TPSA) is 122 Å². The van der Waals surface area contributed by atoms with Gasteiger partial charge in [-0.25, -0.2) is 4.98 Å². The second-order valence-electron chi connectivity index (χ2n) is 3.90. The standard InChI is InChI=1S/C11H15N7O/c1-3-6-7(4-2)15-18-11(13-6)14-10(19)8-5-9(12)17-16-8/h5H,3-4H2,1-2H3,(H3,12,16,17)(H,13,14,18,19). The van der Waals surface area contributed by atoms with Gasteiger partial charge in [0.25, 0.3) is 5.91 Å². The minimum Gasteiger partial charge on any atom is -0.382 e. The predicted molar refractivity (Wildman–Crippen MR) is 69.5 cm³/mol. The zero-order valence-electron chi connectivity index (χ0n) is 10.8. The van der Waals surface area contributed by atoms with Crippen LogP contribution in [0.4, 0.5) is 11.8 Å². The van der Waals surface area contributed by atoms with E-state index in [0.717, 1.165) is 24.2 Å². The Morgan fingerprint density at radius 1 is 1.32 bits per heavy atom. The van der Waals surface area contributed by atoms with E-state index in [-0.39, 0.29) is 17.5 Å². The van der Waals surface area contributed by atoms with E-state index < -0.39 is 5.91 Å². The first-order valence-corrected chi connectivity index (χ1v) is 5.98. The quantitative estimate of drug-likeness (QED) is 0.738. The molecule has 0 aromatic carbocycles. The van der Waals surface area contributed by atoms with Crippen molar-refractivity contribution in [1.29, 1.82) is 0 Å². The number of carbonyl (C=O) groups is 1. The lowest BCUT2D eigenvalue weighted by Gasteiger charge is -2.05. The molecule has 2 heterocycles. The van der Waals surface area contributed by atoms with Gasteiger partial charge in [-0.2, -0.15) is 5.10 Å². The molecular weight excluding hydrogens is 246 g/mol. The Balaban J connectivity index is 2.17. The molecule has 0 aliphatic rings. The zero-order valence-corrected chi connectivity index (χ0v) is 10.8. The molecule has 4 N–H and O–H groups in total. The van der Waals surface area contributed by atoms with Crippen LogP contribution in [0.2, 0.25) is 0 Å². The minimum absolute atomic E-state index is 0.173. The van der Waals surface area contributed by atoms with Crippen LogP contribution in [0.5, 0.6) is 0 Å². The van der Waals surface area contributed by atoms with Crippen molar-refractivity contribution in [3.63, 3.8) is 0 Å². The maximum Gasteiger partial charge on any atom is 0.276 e. The van der Waals surface area contributed by atoms with Crippen LogP contribution in [-0.4, -0.2) is 31.3 Å². The molecule has 0 aliphatic heterocycles. The Morgan fingerprint density at radius 2 is 2.05 bits per heavy atom. The monoisotopic (exact) mass is 261 g/mol. The number of rotatable bonds is 4. The summed E-state index contributed by atoms with van der Waals surface area (Å²) in [7, 11) is 0. The Kier molecular flexibility index (Phi) is 3.69. The number of aromatic amines is 1. The summed E-state index contributed by atoms with van der Waals surface area (Å²) >= 11 is 0. The third-order valence-electron chi connectivity index (χ3n) is 2.58. The summed E-state index contributed by atoms with van der Waals surface area (Å²) < 4.78 is 0. The number of aromatic nitrogens is 5. The second kappa shape index (κ2) is 5.42. The number of nitrogens with one attached hydrogen (secondary N) is 2. The Hall–Kier alpha value is -2.51. The van der Waals surface area contributed by atoms with Crippen LogP contribution in [0, 0.1) is 0 Å². The van der Waals surface area contributed by atoms with Gasteiger partial charge in [0.05, 0.1) is 11.4 Å². The summed E-state index contributed by atoms with van der Waals surface area (Å²) in [5, 5.41) is 16.7. The number of nitrogens with zero attached hydrogens (tertiary/aromatic N) is 4. The van der Waals surface area contributed by atoms with Crippen LogP contribution in [0.25, 0.3) is 0 Å². The largest absolute Gasteiger partial charge is 0.382 e. The van der Waals surface area contributed by atoms with Crippen LogP contribution in [0.15, 0.2) is 6.07 Å². The number of hydrogen-bond donors (Lipinski definition) is 3. The summed E-state index contributed by atoms with van der Waals surface area (Å²) in [6.45, 7) is 3.96. The van der Waals surface area contributed by atoms with E-state index >= 15 is 0 Å². The molecule has 0 fully saturated rings. The smallest absolute Gasteiger partial charge is 0.276 e. The molecule has 0 saturated heterocycles. The van der Waals surface area contributed by atoms with Gasteiger partial charge >= 0.3 is 0 Å². The van der Waals surface area contributed by atoms with E-state index in [9.17, 15) is 4.79 Å². The summed E-state index contributed by atoms with van der Waals surface area (Å²) in [5.41, 5.74) is 7.35. The van der Waals surface area contributed by atoms with E-state index in [2.05, 4.69) is 30.7 Å². The highest BCUT2D eigenvalue weighted by Gasteiger charge is 2.12. The number of amides is 1. The highest BCUT2D eigenvalue weighted by molar-refractivity contribution is 6.02. The van der Waals surface area contributed by atoms with Crippen molar-refractivity contribution in [1.82, 2.24) is 25.4 Å². The first-order chi connectivity index (χ1) is 9.13. The molecule has 19 heavy (non-hydrogen) atoms. The van der Waals surface area contributed by atoms with Crippen molar-refractivity contribution in [3.05, 3.63) is 23.1 Å². The molecule has 0 saturated carbocycles. The van der Waals surface area contributed by atoms with Crippen LogP contribution in [-0.2, 0) is 12.8 Å². The fourth-order valence-electron chi connectivity index (χ4n) is 1.61. The van der Waals surface area contributed by atoms with Gasteiger partial charge in [-0.05, 0) is 12.8 Å². The molecule has 1 amide bonds. The Bertz CT molecular complexity index is 592. The fraction of sp³-hybridized carbons (Fsp3) is 0.364. The van der Waals surface area contributed by atoms with Gasteiger partial charge in [-0.3, -0.25) is 15.2 Å². The van der Waals surface area contributed by atoms with Gasteiger partial charge in [-0.15, -0.1) is 10.2 Å². The average molecular weight is 261 g/mol. The lowest BCUT2D eigenvalue weighted by Crippen LogP contribution is -2.16. The molecule has 8 heteroatoms. The van der Waals surface area contributed by atoms with Crippen LogP contribution in [0.3, 0.4) is 0 Å². The first-order valence-electron chi connectivity index (χ1n) is 5.98. The molecule has 8 nitrogen and oxygen atoms in total. The third kappa shape index (κ3) is 2.84.